The zero-order chi connectivity index (χ0) is 25.1. The van der Waals surface area contributed by atoms with Crippen LogP contribution in [-0.2, 0) is 5.41 Å². The van der Waals surface area contributed by atoms with Crippen LogP contribution in [0.5, 0.6) is 17.2 Å². The number of hydrogen-bond donors (Lipinski definition) is 1. The first-order valence-corrected chi connectivity index (χ1v) is 13.0. The topological polar surface area (TPSA) is 61.2 Å². The summed E-state index contributed by atoms with van der Waals surface area (Å²) >= 11 is 0. The van der Waals surface area contributed by atoms with Crippen molar-refractivity contribution in [2.75, 3.05) is 6.54 Å². The Bertz CT molecular complexity index is 1710. The summed E-state index contributed by atoms with van der Waals surface area (Å²) in [7, 11) is 0. The molecule has 2 atom stereocenters. The summed E-state index contributed by atoms with van der Waals surface area (Å²) in [5.74, 6) is 3.67. The van der Waals surface area contributed by atoms with E-state index in [2.05, 4.69) is 101 Å². The van der Waals surface area contributed by atoms with Crippen molar-refractivity contribution in [3.05, 3.63) is 143 Å². The molecule has 184 valence electrons. The molecule has 1 aromatic heterocycles. The van der Waals surface area contributed by atoms with Crippen LogP contribution in [0.4, 0.5) is 0 Å². The minimum Gasteiger partial charge on any atom is -0.681 e. The highest BCUT2D eigenvalue weighted by Gasteiger charge is 2.54. The standard InChI is InChI=1S/C33H24N3O2/c1-3-10-29-23(7-1)33(25-14-12-21(19-31(25)37-29)27-9-5-6-17-34-27)24-8-2-4-11-30(24)38-32-20-22(13-15-26(32)33)28-16-18-35-36-28/h1-7,9-16,18-20,24H,8,17H2,(H,35,36)/q-1. The van der Waals surface area contributed by atoms with Crippen molar-refractivity contribution < 1.29 is 9.47 Å². The van der Waals surface area contributed by atoms with Crippen LogP contribution in [0, 0.1) is 5.92 Å². The molecule has 4 aromatic rings. The summed E-state index contributed by atoms with van der Waals surface area (Å²) in [6, 6.07) is 23.5. The highest BCUT2D eigenvalue weighted by molar-refractivity contribution is 5.79. The van der Waals surface area contributed by atoms with Gasteiger partial charge in [-0.05, 0) is 42.3 Å². The average Bonchev–Trinajstić information content (AvgIpc) is 3.52. The fourth-order valence-corrected chi connectivity index (χ4v) is 6.45. The number of ether oxygens (including phenoxy) is 2. The van der Waals surface area contributed by atoms with E-state index in [1.54, 1.807) is 6.20 Å². The molecule has 8 rings (SSSR count). The van der Waals surface area contributed by atoms with Gasteiger partial charge in [0.05, 0.1) is 11.1 Å². The highest BCUT2D eigenvalue weighted by Crippen LogP contribution is 2.62. The number of fused-ring (bicyclic) bond motifs is 8. The number of aromatic nitrogens is 2. The number of nitrogens with one attached hydrogen (secondary N) is 1. The van der Waals surface area contributed by atoms with Gasteiger partial charge in [0.25, 0.3) is 0 Å². The van der Waals surface area contributed by atoms with Gasteiger partial charge in [0.15, 0.2) is 0 Å². The van der Waals surface area contributed by atoms with Crippen molar-refractivity contribution in [1.29, 1.82) is 0 Å². The van der Waals surface area contributed by atoms with Crippen molar-refractivity contribution in [2.45, 2.75) is 11.8 Å². The summed E-state index contributed by atoms with van der Waals surface area (Å²) in [5.41, 5.74) is 7.02. The van der Waals surface area contributed by atoms with Crippen LogP contribution in [0.1, 0.15) is 28.7 Å². The van der Waals surface area contributed by atoms with E-state index >= 15 is 0 Å². The lowest BCUT2D eigenvalue weighted by molar-refractivity contribution is 0.237. The molecule has 5 heteroatoms. The van der Waals surface area contributed by atoms with E-state index in [-0.39, 0.29) is 5.92 Å². The van der Waals surface area contributed by atoms with Crippen LogP contribution in [0.3, 0.4) is 0 Å². The first-order valence-electron chi connectivity index (χ1n) is 13.0. The quantitative estimate of drug-likeness (QED) is 0.311. The maximum atomic E-state index is 6.65. The molecule has 0 amide bonds. The van der Waals surface area contributed by atoms with Gasteiger partial charge in [-0.3, -0.25) is 5.10 Å². The normalized spacial score (nSPS) is 22.1. The zero-order valence-electron chi connectivity index (χ0n) is 20.6. The highest BCUT2D eigenvalue weighted by atomic mass is 16.5. The molecule has 0 fully saturated rings. The van der Waals surface area contributed by atoms with E-state index in [9.17, 15) is 0 Å². The fourth-order valence-electron chi connectivity index (χ4n) is 6.45. The van der Waals surface area contributed by atoms with Crippen molar-refractivity contribution in [2.24, 2.45) is 5.92 Å². The molecule has 1 spiro atoms. The predicted octanol–water partition coefficient (Wildman–Crippen LogP) is 7.65. The van der Waals surface area contributed by atoms with Gasteiger partial charge in [-0.15, -0.1) is 18.3 Å². The molecule has 3 aliphatic heterocycles. The summed E-state index contributed by atoms with van der Waals surface area (Å²) in [4.78, 5) is 0. The van der Waals surface area contributed by atoms with Gasteiger partial charge in [0, 0.05) is 34.4 Å². The van der Waals surface area contributed by atoms with E-state index in [0.29, 0.717) is 6.54 Å². The van der Waals surface area contributed by atoms with E-state index in [1.807, 2.05) is 12.1 Å². The lowest BCUT2D eigenvalue weighted by Gasteiger charge is -2.50. The van der Waals surface area contributed by atoms with Gasteiger partial charge >= 0.3 is 0 Å². The second kappa shape index (κ2) is 8.12. The number of hydrogen-bond acceptors (Lipinski definition) is 3. The van der Waals surface area contributed by atoms with Crippen LogP contribution >= 0.6 is 0 Å². The van der Waals surface area contributed by atoms with Crippen molar-refractivity contribution in [3.8, 4) is 28.5 Å². The van der Waals surface area contributed by atoms with E-state index in [1.165, 1.54) is 0 Å². The molecule has 5 nitrogen and oxygen atoms in total. The Morgan fingerprint density at radius 2 is 1.58 bits per heavy atom. The Morgan fingerprint density at radius 3 is 2.42 bits per heavy atom. The summed E-state index contributed by atoms with van der Waals surface area (Å²) in [6.45, 7) is 0.697. The molecular formula is C33H24N3O2-. The van der Waals surface area contributed by atoms with Crippen LogP contribution in [-0.4, -0.2) is 16.7 Å². The maximum absolute atomic E-state index is 6.65. The molecule has 3 aromatic carbocycles. The van der Waals surface area contributed by atoms with Gasteiger partial charge in [-0.25, -0.2) is 0 Å². The summed E-state index contributed by atoms with van der Waals surface area (Å²) < 4.78 is 13.3. The molecule has 1 N–H and O–H groups in total. The largest absolute Gasteiger partial charge is 0.681 e. The molecule has 0 radical (unpaired) electrons. The van der Waals surface area contributed by atoms with Crippen molar-refractivity contribution >= 4 is 5.70 Å². The molecular weight excluding hydrogens is 470 g/mol. The number of rotatable bonds is 2. The van der Waals surface area contributed by atoms with E-state index < -0.39 is 5.41 Å². The fraction of sp³-hybridized carbons (Fsp3) is 0.121. The first-order chi connectivity index (χ1) is 18.8. The van der Waals surface area contributed by atoms with Gasteiger partial charge in [-0.1, -0.05) is 66.8 Å². The molecule has 0 saturated carbocycles. The minimum atomic E-state index is -0.475. The Balaban J connectivity index is 1.42. The van der Waals surface area contributed by atoms with E-state index in [4.69, 9.17) is 14.8 Å². The number of nitrogens with zero attached hydrogens (tertiary/aromatic N) is 2. The molecule has 1 aliphatic carbocycles. The third-order valence-corrected chi connectivity index (χ3v) is 8.07. The maximum Gasteiger partial charge on any atom is 0.132 e. The van der Waals surface area contributed by atoms with Crippen molar-refractivity contribution in [1.82, 2.24) is 10.2 Å². The Hall–Kier alpha value is -4.77. The third kappa shape index (κ3) is 2.96. The van der Waals surface area contributed by atoms with E-state index in [0.717, 1.165) is 68.6 Å². The first kappa shape index (κ1) is 21.3. The molecule has 38 heavy (non-hydrogen) atoms. The number of para-hydroxylation sites is 1. The molecule has 4 heterocycles. The average molecular weight is 495 g/mol. The van der Waals surface area contributed by atoms with Gasteiger partial charge < -0.3 is 14.8 Å². The second-order valence-electron chi connectivity index (χ2n) is 10.0. The number of allylic oxidation sites excluding steroid dienone is 6. The lowest BCUT2D eigenvalue weighted by Crippen LogP contribution is -2.45. The number of H-pyrrole nitrogens is 1. The Kier molecular flexibility index (Phi) is 4.56. The Morgan fingerprint density at radius 1 is 0.789 bits per heavy atom. The molecule has 0 bridgehead atoms. The minimum absolute atomic E-state index is 0.0918. The number of benzene rings is 3. The SMILES string of the molecule is C1=CC[N-]C(c2ccc3c(c2)Oc2ccccc2C32c3ccc(-c4ccn[nH]4)cc3OC3=CC=CCC32)=C1. The summed E-state index contributed by atoms with van der Waals surface area (Å²) in [6.07, 6.45) is 15.3. The summed E-state index contributed by atoms with van der Waals surface area (Å²) in [5, 5.41) is 11.9. The van der Waals surface area contributed by atoms with Crippen LogP contribution in [0.25, 0.3) is 22.3 Å². The van der Waals surface area contributed by atoms with Crippen LogP contribution < -0.4 is 9.47 Å². The van der Waals surface area contributed by atoms with Crippen molar-refractivity contribution in [3.63, 3.8) is 0 Å². The zero-order valence-corrected chi connectivity index (χ0v) is 20.6. The monoisotopic (exact) mass is 494 g/mol. The molecule has 2 unspecified atom stereocenters. The lowest BCUT2D eigenvalue weighted by atomic mass is 9.57. The smallest absolute Gasteiger partial charge is 0.132 e. The van der Waals surface area contributed by atoms with Gasteiger partial charge in [0.2, 0.25) is 0 Å². The number of aromatic amines is 1. The van der Waals surface area contributed by atoms with Gasteiger partial charge in [0.1, 0.15) is 23.0 Å². The molecule has 0 saturated heterocycles. The van der Waals surface area contributed by atoms with Gasteiger partial charge in [-0.2, -0.15) is 5.10 Å². The third-order valence-electron chi connectivity index (χ3n) is 8.07. The van der Waals surface area contributed by atoms with Crippen LogP contribution in [0.15, 0.2) is 115 Å². The van der Waals surface area contributed by atoms with Crippen LogP contribution in [0.2, 0.25) is 0 Å². The predicted molar refractivity (Wildman–Crippen MR) is 148 cm³/mol. The second-order valence-corrected chi connectivity index (χ2v) is 10.0. The Labute approximate surface area is 220 Å². The molecule has 4 aliphatic rings.